The van der Waals surface area contributed by atoms with Crippen molar-refractivity contribution in [2.75, 3.05) is 25.7 Å². The molecule has 2 heterocycles. The highest BCUT2D eigenvalue weighted by Crippen LogP contribution is 2.36. The molecule has 0 radical (unpaired) electrons. The molecule has 0 aliphatic carbocycles. The van der Waals surface area contributed by atoms with E-state index in [4.69, 9.17) is 14.2 Å². The fourth-order valence-electron chi connectivity index (χ4n) is 4.32. The van der Waals surface area contributed by atoms with E-state index in [0.717, 1.165) is 16.7 Å². The summed E-state index contributed by atoms with van der Waals surface area (Å²) < 4.78 is 17.0. The van der Waals surface area contributed by atoms with E-state index in [2.05, 4.69) is 4.98 Å². The summed E-state index contributed by atoms with van der Waals surface area (Å²) in [6.07, 6.45) is 3.31. The third-order valence-corrected chi connectivity index (χ3v) is 6.17. The molecule has 1 aliphatic heterocycles. The van der Waals surface area contributed by atoms with Crippen LogP contribution in [0.2, 0.25) is 0 Å². The lowest BCUT2D eigenvalue weighted by molar-refractivity contribution is -0.134. The number of fused-ring (bicyclic) bond motifs is 1. The van der Waals surface area contributed by atoms with Crippen molar-refractivity contribution in [1.82, 2.24) is 9.88 Å². The number of hydrogen-bond donors (Lipinski definition) is 0. The molecule has 3 aromatic rings. The third-order valence-electron chi connectivity index (χ3n) is 6.17. The van der Waals surface area contributed by atoms with Crippen LogP contribution in [0.4, 0.5) is 5.69 Å². The minimum absolute atomic E-state index is 0.109. The summed E-state index contributed by atoms with van der Waals surface area (Å²) in [5.74, 6) is 1.33. The lowest BCUT2D eigenvalue weighted by Gasteiger charge is -2.35. The van der Waals surface area contributed by atoms with Crippen molar-refractivity contribution in [3.8, 4) is 17.2 Å². The zero-order valence-electron chi connectivity index (χ0n) is 21.1. The van der Waals surface area contributed by atoms with Gasteiger partial charge in [0.25, 0.3) is 5.91 Å². The molecule has 2 amide bonds. The van der Waals surface area contributed by atoms with E-state index < -0.39 is 6.10 Å². The number of carbonyl (C=O) groups is 2. The molecule has 8 heteroatoms. The summed E-state index contributed by atoms with van der Waals surface area (Å²) in [6, 6.07) is 15.0. The largest absolute Gasteiger partial charge is 0.493 e. The third kappa shape index (κ3) is 5.27. The van der Waals surface area contributed by atoms with E-state index in [1.165, 1.54) is 0 Å². The van der Waals surface area contributed by atoms with Crippen LogP contribution in [0.15, 0.2) is 60.9 Å². The van der Waals surface area contributed by atoms with Crippen LogP contribution in [0.5, 0.6) is 17.2 Å². The van der Waals surface area contributed by atoms with Crippen molar-refractivity contribution in [2.45, 2.75) is 39.5 Å². The zero-order valence-corrected chi connectivity index (χ0v) is 21.1. The average molecular weight is 490 g/mol. The number of ether oxygens (including phenoxy) is 3. The van der Waals surface area contributed by atoms with Gasteiger partial charge in [-0.2, -0.15) is 0 Å². The number of carbonyl (C=O) groups excluding carboxylic acids is 2. The van der Waals surface area contributed by atoms with E-state index in [-0.39, 0.29) is 24.9 Å². The molecule has 1 atom stereocenters. The highest BCUT2D eigenvalue weighted by molar-refractivity contribution is 6.04. The lowest BCUT2D eigenvalue weighted by Crippen LogP contribution is -2.50. The SMILES string of the molecule is CCC1Oc2ccc(C)cc2N(CC(=O)N(Cc2cccnc2)Cc2cccc(OC)c2OC)C1=O. The molecule has 8 nitrogen and oxygen atoms in total. The zero-order chi connectivity index (χ0) is 25.7. The molecule has 0 spiro atoms. The molecule has 0 fully saturated rings. The van der Waals surface area contributed by atoms with Gasteiger partial charge in [-0.3, -0.25) is 19.5 Å². The second-order valence-electron chi connectivity index (χ2n) is 8.67. The molecule has 0 saturated carbocycles. The van der Waals surface area contributed by atoms with Gasteiger partial charge in [0, 0.05) is 31.0 Å². The maximum Gasteiger partial charge on any atom is 0.268 e. The maximum atomic E-state index is 13.8. The number of nitrogens with zero attached hydrogens (tertiary/aromatic N) is 3. The first kappa shape index (κ1) is 25.0. The number of rotatable bonds is 9. The Kier molecular flexibility index (Phi) is 7.73. The van der Waals surface area contributed by atoms with Crippen LogP contribution in [0.25, 0.3) is 0 Å². The minimum atomic E-state index is -0.627. The Morgan fingerprint density at radius 2 is 1.94 bits per heavy atom. The summed E-state index contributed by atoms with van der Waals surface area (Å²) in [5.41, 5.74) is 3.26. The minimum Gasteiger partial charge on any atom is -0.493 e. The second kappa shape index (κ2) is 11.1. The van der Waals surface area contributed by atoms with Gasteiger partial charge in [0.2, 0.25) is 5.91 Å². The molecule has 1 aliphatic rings. The Labute approximate surface area is 211 Å². The van der Waals surface area contributed by atoms with E-state index in [1.807, 2.05) is 62.4 Å². The van der Waals surface area contributed by atoms with Gasteiger partial charge in [0.05, 0.1) is 19.9 Å². The standard InChI is InChI=1S/C28H31N3O5/c1-5-23-28(33)31(22-14-19(2)11-12-24(22)36-23)18-26(32)30(16-20-8-7-13-29-15-20)17-21-9-6-10-25(34-3)27(21)35-4/h6-15,23H,5,16-18H2,1-4H3. The predicted octanol–water partition coefficient (Wildman–Crippen LogP) is 4.14. The van der Waals surface area contributed by atoms with E-state index in [0.29, 0.717) is 35.9 Å². The normalized spacial score (nSPS) is 14.6. The highest BCUT2D eigenvalue weighted by Gasteiger charge is 2.35. The first-order valence-corrected chi connectivity index (χ1v) is 11.9. The van der Waals surface area contributed by atoms with E-state index >= 15 is 0 Å². The quantitative estimate of drug-likeness (QED) is 0.449. The number of hydrogen-bond acceptors (Lipinski definition) is 6. The first-order valence-electron chi connectivity index (χ1n) is 11.9. The monoisotopic (exact) mass is 489 g/mol. The smallest absolute Gasteiger partial charge is 0.268 e. The van der Waals surface area contributed by atoms with Gasteiger partial charge in [-0.15, -0.1) is 0 Å². The van der Waals surface area contributed by atoms with Crippen molar-refractivity contribution in [1.29, 1.82) is 0 Å². The number of pyridine rings is 1. The molecular weight excluding hydrogens is 458 g/mol. The average Bonchev–Trinajstić information content (AvgIpc) is 2.90. The highest BCUT2D eigenvalue weighted by atomic mass is 16.5. The number of anilines is 1. The van der Waals surface area contributed by atoms with Crippen molar-refractivity contribution < 1.29 is 23.8 Å². The van der Waals surface area contributed by atoms with Crippen LogP contribution in [0.3, 0.4) is 0 Å². The Morgan fingerprint density at radius 3 is 2.64 bits per heavy atom. The topological polar surface area (TPSA) is 81.2 Å². The molecule has 1 unspecified atom stereocenters. The Balaban J connectivity index is 1.67. The van der Waals surface area contributed by atoms with Gasteiger partial charge in [0.15, 0.2) is 17.6 Å². The van der Waals surface area contributed by atoms with Crippen molar-refractivity contribution in [2.24, 2.45) is 0 Å². The Morgan fingerprint density at radius 1 is 1.11 bits per heavy atom. The number of amides is 2. The van der Waals surface area contributed by atoms with Gasteiger partial charge in [-0.05, 0) is 48.7 Å². The van der Waals surface area contributed by atoms with Crippen LogP contribution < -0.4 is 19.1 Å². The van der Waals surface area contributed by atoms with Crippen molar-refractivity contribution in [3.05, 3.63) is 77.6 Å². The van der Waals surface area contributed by atoms with Gasteiger partial charge >= 0.3 is 0 Å². The van der Waals surface area contributed by atoms with Crippen LogP contribution in [0.1, 0.15) is 30.0 Å². The van der Waals surface area contributed by atoms with Crippen LogP contribution in [0, 0.1) is 6.92 Å². The summed E-state index contributed by atoms with van der Waals surface area (Å²) in [7, 11) is 3.15. The van der Waals surface area contributed by atoms with Crippen molar-refractivity contribution >= 4 is 17.5 Å². The van der Waals surface area contributed by atoms with Gasteiger partial charge in [-0.1, -0.05) is 31.2 Å². The summed E-state index contributed by atoms with van der Waals surface area (Å²) in [6.45, 7) is 4.32. The number of benzene rings is 2. The predicted molar refractivity (Wildman–Crippen MR) is 136 cm³/mol. The fraction of sp³-hybridized carbons (Fsp3) is 0.321. The molecule has 4 rings (SSSR count). The summed E-state index contributed by atoms with van der Waals surface area (Å²) in [5, 5.41) is 0. The van der Waals surface area contributed by atoms with E-state index in [9.17, 15) is 9.59 Å². The van der Waals surface area contributed by atoms with Crippen LogP contribution >= 0.6 is 0 Å². The van der Waals surface area contributed by atoms with E-state index in [1.54, 1.807) is 36.4 Å². The molecule has 0 saturated heterocycles. The summed E-state index contributed by atoms with van der Waals surface area (Å²) in [4.78, 5) is 34.5. The molecule has 188 valence electrons. The molecule has 0 N–H and O–H groups in total. The fourth-order valence-corrected chi connectivity index (χ4v) is 4.32. The molecule has 2 aromatic carbocycles. The van der Waals surface area contributed by atoms with Gasteiger partial charge in [-0.25, -0.2) is 0 Å². The number of aromatic nitrogens is 1. The van der Waals surface area contributed by atoms with Crippen LogP contribution in [-0.4, -0.2) is 48.6 Å². The molecular formula is C28H31N3O5. The summed E-state index contributed by atoms with van der Waals surface area (Å²) >= 11 is 0. The second-order valence-corrected chi connectivity index (χ2v) is 8.67. The Hall–Kier alpha value is -4.07. The van der Waals surface area contributed by atoms with Crippen molar-refractivity contribution in [3.63, 3.8) is 0 Å². The maximum absolute atomic E-state index is 13.8. The van der Waals surface area contributed by atoms with Gasteiger partial charge < -0.3 is 19.1 Å². The Bertz CT molecular complexity index is 1230. The van der Waals surface area contributed by atoms with Gasteiger partial charge in [0.1, 0.15) is 12.3 Å². The number of para-hydroxylation sites is 1. The molecule has 36 heavy (non-hydrogen) atoms. The molecule has 0 bridgehead atoms. The number of aryl methyl sites for hydroxylation is 1. The first-order chi connectivity index (χ1) is 17.4. The number of methoxy groups -OCH3 is 2. The molecule has 1 aromatic heterocycles. The lowest BCUT2D eigenvalue weighted by atomic mass is 10.1. The van der Waals surface area contributed by atoms with Crippen LogP contribution in [-0.2, 0) is 22.7 Å².